The van der Waals surface area contributed by atoms with E-state index in [2.05, 4.69) is 60.8 Å². The van der Waals surface area contributed by atoms with Gasteiger partial charge in [0, 0.05) is 20.9 Å². The van der Waals surface area contributed by atoms with Crippen LogP contribution < -0.4 is 0 Å². The van der Waals surface area contributed by atoms with Crippen molar-refractivity contribution in [3.8, 4) is 0 Å². The average molecular weight is 321 g/mol. The second kappa shape index (κ2) is 5.87. The highest BCUT2D eigenvalue weighted by Gasteiger charge is 2.45. The fraction of sp³-hybridized carbons (Fsp3) is 0.647. The molecule has 122 valence electrons. The summed E-state index contributed by atoms with van der Waals surface area (Å²) in [5, 5.41) is 0. The van der Waals surface area contributed by atoms with Crippen LogP contribution in [-0.4, -0.2) is 51.1 Å². The molecule has 0 aromatic heterocycles. The van der Waals surface area contributed by atoms with E-state index in [0.29, 0.717) is 6.73 Å². The van der Waals surface area contributed by atoms with Crippen LogP contribution in [0, 0.1) is 5.41 Å². The number of hydrogen-bond acceptors (Lipinski definition) is 4. The van der Waals surface area contributed by atoms with Crippen molar-refractivity contribution in [2.24, 2.45) is 5.41 Å². The maximum absolute atomic E-state index is 6.00. The zero-order valence-electron chi connectivity index (χ0n) is 14.3. The van der Waals surface area contributed by atoms with Crippen LogP contribution in [-0.2, 0) is 9.47 Å². The zero-order valence-corrected chi connectivity index (χ0v) is 15.3. The summed E-state index contributed by atoms with van der Waals surface area (Å²) >= 11 is 0. The van der Waals surface area contributed by atoms with Gasteiger partial charge in [-0.2, -0.15) is 0 Å². The van der Waals surface area contributed by atoms with Gasteiger partial charge in [-0.05, 0) is 25.1 Å². The lowest BCUT2D eigenvalue weighted by Crippen LogP contribution is -2.46. The van der Waals surface area contributed by atoms with E-state index in [1.807, 2.05) is 0 Å². The standard InChI is InChI=1S/C17H28N2O2Si/c1-17(11-21-12-17)16-15-7-5-6-8-18(15)13-19(16)14-20-9-10-22(2,3)4/h5-8H,9-14H2,1-4H3. The Morgan fingerprint density at radius 1 is 1.27 bits per heavy atom. The number of hydrogen-bond donors (Lipinski definition) is 0. The van der Waals surface area contributed by atoms with Crippen LogP contribution in [0.3, 0.4) is 0 Å². The molecule has 3 rings (SSSR count). The van der Waals surface area contributed by atoms with Crippen molar-refractivity contribution in [3.05, 3.63) is 35.8 Å². The maximum Gasteiger partial charge on any atom is 0.120 e. The van der Waals surface area contributed by atoms with E-state index in [4.69, 9.17) is 9.47 Å². The molecule has 0 amide bonds. The maximum atomic E-state index is 6.00. The molecular formula is C17H28N2O2Si. The third-order valence-corrected chi connectivity index (χ3v) is 6.18. The van der Waals surface area contributed by atoms with Crippen LogP contribution in [0.25, 0.3) is 0 Å². The summed E-state index contributed by atoms with van der Waals surface area (Å²) in [4.78, 5) is 4.68. The lowest BCUT2D eigenvalue weighted by atomic mass is 9.83. The first-order valence-electron chi connectivity index (χ1n) is 8.16. The molecule has 3 aliphatic heterocycles. The molecule has 0 N–H and O–H groups in total. The highest BCUT2D eigenvalue weighted by atomic mass is 28.3. The Bertz CT molecular complexity index is 515. The summed E-state index contributed by atoms with van der Waals surface area (Å²) in [7, 11) is -1.02. The van der Waals surface area contributed by atoms with Crippen molar-refractivity contribution in [2.75, 3.05) is 33.2 Å². The summed E-state index contributed by atoms with van der Waals surface area (Å²) < 4.78 is 11.5. The number of ether oxygens (including phenoxy) is 2. The SMILES string of the molecule is CC1(C2=C3C=CC=CN3CN2COCC[Si](C)(C)C)COC1. The number of rotatable bonds is 6. The highest BCUT2D eigenvalue weighted by Crippen LogP contribution is 2.43. The van der Waals surface area contributed by atoms with Crippen molar-refractivity contribution in [2.45, 2.75) is 32.6 Å². The Morgan fingerprint density at radius 3 is 2.68 bits per heavy atom. The van der Waals surface area contributed by atoms with Gasteiger partial charge in [0.25, 0.3) is 0 Å². The molecular weight excluding hydrogens is 292 g/mol. The molecule has 0 saturated carbocycles. The Balaban J connectivity index is 1.67. The summed E-state index contributed by atoms with van der Waals surface area (Å²) in [5.41, 5.74) is 2.82. The average Bonchev–Trinajstić information content (AvgIpc) is 2.78. The normalized spacial score (nSPS) is 23.1. The van der Waals surface area contributed by atoms with Gasteiger partial charge in [0.1, 0.15) is 6.73 Å². The minimum absolute atomic E-state index is 0.127. The fourth-order valence-electron chi connectivity index (χ4n) is 3.13. The van der Waals surface area contributed by atoms with Crippen LogP contribution in [0.1, 0.15) is 6.92 Å². The van der Waals surface area contributed by atoms with Gasteiger partial charge in [-0.15, -0.1) is 0 Å². The number of allylic oxidation sites excluding steroid dienone is 3. The Hall–Kier alpha value is -1.04. The molecule has 0 atom stereocenters. The van der Waals surface area contributed by atoms with E-state index >= 15 is 0 Å². The van der Waals surface area contributed by atoms with Gasteiger partial charge >= 0.3 is 0 Å². The van der Waals surface area contributed by atoms with Crippen LogP contribution in [0.4, 0.5) is 0 Å². The quantitative estimate of drug-likeness (QED) is 0.554. The van der Waals surface area contributed by atoms with Crippen molar-refractivity contribution in [1.29, 1.82) is 0 Å². The van der Waals surface area contributed by atoms with Crippen molar-refractivity contribution in [1.82, 2.24) is 9.80 Å². The molecule has 4 nitrogen and oxygen atoms in total. The summed E-state index contributed by atoms with van der Waals surface area (Å²) in [6.45, 7) is 13.5. The third kappa shape index (κ3) is 3.16. The monoisotopic (exact) mass is 320 g/mol. The molecule has 0 aromatic carbocycles. The van der Waals surface area contributed by atoms with Crippen LogP contribution in [0.15, 0.2) is 35.8 Å². The van der Waals surface area contributed by atoms with E-state index in [0.717, 1.165) is 26.5 Å². The van der Waals surface area contributed by atoms with Gasteiger partial charge in [-0.3, -0.25) is 0 Å². The largest absolute Gasteiger partial charge is 0.379 e. The Labute approximate surface area is 135 Å². The first-order chi connectivity index (χ1) is 10.4. The molecule has 3 aliphatic rings. The lowest BCUT2D eigenvalue weighted by Gasteiger charge is -2.42. The number of nitrogens with zero attached hydrogens (tertiary/aromatic N) is 2. The van der Waals surface area contributed by atoms with Gasteiger partial charge in [0.15, 0.2) is 0 Å². The third-order valence-electron chi connectivity index (χ3n) is 4.48. The molecule has 0 spiro atoms. The minimum Gasteiger partial charge on any atom is -0.379 e. The van der Waals surface area contributed by atoms with Crippen molar-refractivity contribution < 1.29 is 9.47 Å². The van der Waals surface area contributed by atoms with Gasteiger partial charge < -0.3 is 19.3 Å². The van der Waals surface area contributed by atoms with Gasteiger partial charge in [0.2, 0.25) is 0 Å². The van der Waals surface area contributed by atoms with Crippen molar-refractivity contribution in [3.63, 3.8) is 0 Å². The van der Waals surface area contributed by atoms with E-state index < -0.39 is 8.07 Å². The second-order valence-electron chi connectivity index (χ2n) is 7.99. The van der Waals surface area contributed by atoms with Crippen LogP contribution in [0.2, 0.25) is 25.7 Å². The van der Waals surface area contributed by atoms with E-state index in [-0.39, 0.29) is 5.41 Å². The van der Waals surface area contributed by atoms with E-state index in [1.54, 1.807) is 0 Å². The molecule has 0 radical (unpaired) electrons. The van der Waals surface area contributed by atoms with Crippen LogP contribution >= 0.6 is 0 Å². The van der Waals surface area contributed by atoms with Crippen LogP contribution in [0.5, 0.6) is 0 Å². The minimum atomic E-state index is -1.02. The molecule has 22 heavy (non-hydrogen) atoms. The predicted molar refractivity (Wildman–Crippen MR) is 91.7 cm³/mol. The zero-order chi connectivity index (χ0) is 15.8. The van der Waals surface area contributed by atoms with Crippen molar-refractivity contribution >= 4 is 8.07 Å². The number of fused-ring (bicyclic) bond motifs is 1. The van der Waals surface area contributed by atoms with Gasteiger partial charge in [-0.1, -0.05) is 25.7 Å². The first-order valence-corrected chi connectivity index (χ1v) is 11.9. The predicted octanol–water partition coefficient (Wildman–Crippen LogP) is 3.21. The second-order valence-corrected chi connectivity index (χ2v) is 13.6. The molecule has 0 aromatic rings. The lowest BCUT2D eigenvalue weighted by molar-refractivity contribution is -0.0965. The van der Waals surface area contributed by atoms with Gasteiger partial charge in [-0.25, -0.2) is 0 Å². The molecule has 5 heteroatoms. The molecule has 0 aliphatic carbocycles. The molecule has 1 saturated heterocycles. The smallest absolute Gasteiger partial charge is 0.120 e. The molecule has 1 fully saturated rings. The highest BCUT2D eigenvalue weighted by molar-refractivity contribution is 6.76. The van der Waals surface area contributed by atoms with E-state index in [1.165, 1.54) is 17.4 Å². The Kier molecular flexibility index (Phi) is 4.22. The van der Waals surface area contributed by atoms with E-state index in [9.17, 15) is 0 Å². The van der Waals surface area contributed by atoms with Gasteiger partial charge in [0.05, 0.1) is 36.7 Å². The first kappa shape index (κ1) is 15.8. The molecule has 0 unspecified atom stereocenters. The summed E-state index contributed by atoms with van der Waals surface area (Å²) in [5.74, 6) is 0. The fourth-order valence-corrected chi connectivity index (χ4v) is 3.88. The molecule has 3 heterocycles. The topological polar surface area (TPSA) is 24.9 Å². The molecule has 0 bridgehead atoms. The summed E-state index contributed by atoms with van der Waals surface area (Å²) in [6.07, 6.45) is 8.57. The Morgan fingerprint density at radius 2 is 2.05 bits per heavy atom. The summed E-state index contributed by atoms with van der Waals surface area (Å²) in [6, 6.07) is 1.22.